The molecule has 2 rings (SSSR count). The number of Topliss-reactive ketones (excluding diaryl/α,β-unsaturated/α-hetero) is 1. The molecule has 0 saturated carbocycles. The lowest BCUT2D eigenvalue weighted by molar-refractivity contribution is -0.121. The van der Waals surface area contributed by atoms with Gasteiger partial charge in [-0.15, -0.1) is 0 Å². The Hall–Kier alpha value is -0.410. The van der Waals surface area contributed by atoms with Crippen molar-refractivity contribution in [3.63, 3.8) is 0 Å². The van der Waals surface area contributed by atoms with Gasteiger partial charge in [-0.05, 0) is 26.3 Å². The fourth-order valence-corrected chi connectivity index (χ4v) is 2.59. The molecule has 3 atom stereocenters. The highest BCUT2D eigenvalue weighted by molar-refractivity contribution is 5.78. The summed E-state index contributed by atoms with van der Waals surface area (Å²) in [4.78, 5) is 13.8. The fourth-order valence-electron chi connectivity index (χ4n) is 2.59. The Balaban J connectivity index is 1.94. The van der Waals surface area contributed by atoms with Crippen LogP contribution < -0.4 is 5.32 Å². The molecule has 2 heterocycles. The molecule has 0 radical (unpaired) electrons. The molecule has 3 unspecified atom stereocenters. The van der Waals surface area contributed by atoms with Gasteiger partial charge in [0.1, 0.15) is 5.78 Å². The summed E-state index contributed by atoms with van der Waals surface area (Å²) < 4.78 is 0. The average molecular weight is 196 g/mol. The van der Waals surface area contributed by atoms with E-state index < -0.39 is 0 Å². The molecule has 3 heteroatoms. The van der Waals surface area contributed by atoms with E-state index in [1.54, 1.807) is 6.92 Å². The van der Waals surface area contributed by atoms with E-state index in [-0.39, 0.29) is 5.92 Å². The number of hydrogen-bond donors (Lipinski definition) is 1. The van der Waals surface area contributed by atoms with Gasteiger partial charge in [0.25, 0.3) is 0 Å². The zero-order valence-corrected chi connectivity index (χ0v) is 9.12. The number of fused-ring (bicyclic) bond motifs is 1. The predicted molar refractivity (Wildman–Crippen MR) is 56.2 cm³/mol. The van der Waals surface area contributed by atoms with Gasteiger partial charge >= 0.3 is 0 Å². The molecule has 0 aliphatic carbocycles. The molecule has 2 aliphatic rings. The highest BCUT2D eigenvalue weighted by atomic mass is 16.1. The van der Waals surface area contributed by atoms with Crippen molar-refractivity contribution in [2.45, 2.75) is 38.8 Å². The minimum Gasteiger partial charge on any atom is -0.310 e. The predicted octanol–water partition coefficient (Wildman–Crippen LogP) is 0.648. The van der Waals surface area contributed by atoms with E-state index in [9.17, 15) is 4.79 Å². The molecule has 2 fully saturated rings. The average Bonchev–Trinajstić information content (AvgIpc) is 2.62. The van der Waals surface area contributed by atoms with Gasteiger partial charge in [-0.1, -0.05) is 6.92 Å². The van der Waals surface area contributed by atoms with Crippen LogP contribution >= 0.6 is 0 Å². The standard InChI is InChI=1S/C11H20N2O/c1-8(9(2)14)11-7-13-5-3-4-10(13)6-12-11/h8,10-12H,3-7H2,1-2H3. The lowest BCUT2D eigenvalue weighted by Gasteiger charge is -2.38. The maximum atomic E-state index is 11.3. The summed E-state index contributed by atoms with van der Waals surface area (Å²) in [5, 5.41) is 3.51. The van der Waals surface area contributed by atoms with Gasteiger partial charge in [0.15, 0.2) is 0 Å². The number of hydrogen-bond acceptors (Lipinski definition) is 3. The van der Waals surface area contributed by atoms with E-state index in [1.165, 1.54) is 19.4 Å². The molecule has 0 aromatic heterocycles. The molecule has 0 aromatic carbocycles. The summed E-state index contributed by atoms with van der Waals surface area (Å²) >= 11 is 0. The molecule has 3 nitrogen and oxygen atoms in total. The van der Waals surface area contributed by atoms with Crippen LogP contribution in [0.15, 0.2) is 0 Å². The number of rotatable bonds is 2. The molecular formula is C11H20N2O. The van der Waals surface area contributed by atoms with Crippen molar-refractivity contribution in [1.29, 1.82) is 0 Å². The summed E-state index contributed by atoms with van der Waals surface area (Å²) in [6.45, 7) is 7.10. The lowest BCUT2D eigenvalue weighted by atomic mass is 9.95. The summed E-state index contributed by atoms with van der Waals surface area (Å²) in [7, 11) is 0. The van der Waals surface area contributed by atoms with Crippen molar-refractivity contribution >= 4 is 5.78 Å². The Bertz CT molecular complexity index is 229. The van der Waals surface area contributed by atoms with Gasteiger partial charge in [-0.2, -0.15) is 0 Å². The van der Waals surface area contributed by atoms with Crippen molar-refractivity contribution in [3.05, 3.63) is 0 Å². The molecule has 1 N–H and O–H groups in total. The van der Waals surface area contributed by atoms with E-state index in [1.807, 2.05) is 6.92 Å². The van der Waals surface area contributed by atoms with Crippen LogP contribution in [0.4, 0.5) is 0 Å². The van der Waals surface area contributed by atoms with Crippen LogP contribution in [-0.4, -0.2) is 42.4 Å². The normalized spacial score (nSPS) is 35.3. The second kappa shape index (κ2) is 3.99. The number of carbonyl (C=O) groups is 1. The largest absolute Gasteiger partial charge is 0.310 e. The third-order valence-corrected chi connectivity index (χ3v) is 3.79. The molecule has 0 amide bonds. The molecule has 0 aromatic rings. The summed E-state index contributed by atoms with van der Waals surface area (Å²) in [5.41, 5.74) is 0. The van der Waals surface area contributed by atoms with Gasteiger partial charge in [-0.3, -0.25) is 9.69 Å². The van der Waals surface area contributed by atoms with Crippen LogP contribution in [-0.2, 0) is 4.79 Å². The number of ketones is 1. The topological polar surface area (TPSA) is 32.3 Å². The monoisotopic (exact) mass is 196 g/mol. The summed E-state index contributed by atoms with van der Waals surface area (Å²) in [5.74, 6) is 0.469. The van der Waals surface area contributed by atoms with Crippen LogP contribution in [0, 0.1) is 5.92 Å². The first-order valence-electron chi connectivity index (χ1n) is 5.66. The first kappa shape index (κ1) is 10.1. The van der Waals surface area contributed by atoms with Gasteiger partial charge in [-0.25, -0.2) is 0 Å². The number of nitrogens with zero attached hydrogens (tertiary/aromatic N) is 1. The quantitative estimate of drug-likeness (QED) is 0.703. The number of carbonyl (C=O) groups excluding carboxylic acids is 1. The Labute approximate surface area is 85.8 Å². The Kier molecular flexibility index (Phi) is 2.88. The smallest absolute Gasteiger partial charge is 0.134 e. The highest BCUT2D eigenvalue weighted by Crippen LogP contribution is 2.22. The van der Waals surface area contributed by atoms with Crippen LogP contribution in [0.5, 0.6) is 0 Å². The van der Waals surface area contributed by atoms with E-state index >= 15 is 0 Å². The SMILES string of the molecule is CC(=O)C(C)C1CN2CCCC2CN1. The van der Waals surface area contributed by atoms with Crippen molar-refractivity contribution in [2.75, 3.05) is 19.6 Å². The third-order valence-electron chi connectivity index (χ3n) is 3.79. The summed E-state index contributed by atoms with van der Waals surface area (Å²) in [6.07, 6.45) is 2.65. The van der Waals surface area contributed by atoms with E-state index in [0.29, 0.717) is 11.8 Å². The summed E-state index contributed by atoms with van der Waals surface area (Å²) in [6, 6.07) is 1.12. The van der Waals surface area contributed by atoms with Crippen molar-refractivity contribution in [2.24, 2.45) is 5.92 Å². The third kappa shape index (κ3) is 1.84. The molecule has 80 valence electrons. The fraction of sp³-hybridized carbons (Fsp3) is 0.909. The maximum Gasteiger partial charge on any atom is 0.134 e. The van der Waals surface area contributed by atoms with Crippen molar-refractivity contribution < 1.29 is 4.79 Å². The minimum absolute atomic E-state index is 0.163. The second-order valence-electron chi connectivity index (χ2n) is 4.71. The first-order chi connectivity index (χ1) is 6.68. The maximum absolute atomic E-state index is 11.3. The zero-order valence-electron chi connectivity index (χ0n) is 9.12. The molecule has 0 bridgehead atoms. The van der Waals surface area contributed by atoms with Gasteiger partial charge in [0.05, 0.1) is 0 Å². The van der Waals surface area contributed by atoms with Gasteiger partial charge in [0, 0.05) is 31.1 Å². The Morgan fingerprint density at radius 2 is 2.36 bits per heavy atom. The van der Waals surface area contributed by atoms with Crippen LogP contribution in [0.25, 0.3) is 0 Å². The number of nitrogens with one attached hydrogen (secondary N) is 1. The van der Waals surface area contributed by atoms with Crippen molar-refractivity contribution in [3.8, 4) is 0 Å². The Morgan fingerprint density at radius 3 is 3.07 bits per heavy atom. The van der Waals surface area contributed by atoms with E-state index in [4.69, 9.17) is 0 Å². The van der Waals surface area contributed by atoms with Crippen LogP contribution in [0.2, 0.25) is 0 Å². The van der Waals surface area contributed by atoms with Gasteiger partial charge < -0.3 is 5.32 Å². The number of piperazine rings is 1. The highest BCUT2D eigenvalue weighted by Gasteiger charge is 2.34. The van der Waals surface area contributed by atoms with Crippen molar-refractivity contribution in [1.82, 2.24) is 10.2 Å². The second-order valence-corrected chi connectivity index (χ2v) is 4.71. The minimum atomic E-state index is 0.163. The van der Waals surface area contributed by atoms with Crippen LogP contribution in [0.3, 0.4) is 0 Å². The van der Waals surface area contributed by atoms with Crippen LogP contribution in [0.1, 0.15) is 26.7 Å². The van der Waals surface area contributed by atoms with Gasteiger partial charge in [0.2, 0.25) is 0 Å². The molecule has 14 heavy (non-hydrogen) atoms. The zero-order chi connectivity index (χ0) is 10.1. The molecule has 2 saturated heterocycles. The first-order valence-corrected chi connectivity index (χ1v) is 5.66. The Morgan fingerprint density at radius 1 is 1.57 bits per heavy atom. The van der Waals surface area contributed by atoms with E-state index in [0.717, 1.165) is 19.1 Å². The molecular weight excluding hydrogens is 176 g/mol. The molecule has 0 spiro atoms. The lowest BCUT2D eigenvalue weighted by Crippen LogP contribution is -2.56. The molecule has 2 aliphatic heterocycles. The van der Waals surface area contributed by atoms with E-state index in [2.05, 4.69) is 10.2 Å².